The summed E-state index contributed by atoms with van der Waals surface area (Å²) in [6.45, 7) is 8.31. The van der Waals surface area contributed by atoms with Crippen molar-refractivity contribution in [3.05, 3.63) is 99.4 Å². The summed E-state index contributed by atoms with van der Waals surface area (Å²) in [7, 11) is 2.87. The molecule has 4 rings (SSSR count). The third-order valence-corrected chi connectivity index (χ3v) is 9.33. The van der Waals surface area contributed by atoms with Crippen LogP contribution in [0.1, 0.15) is 64.6 Å². The fourth-order valence-electron chi connectivity index (χ4n) is 5.72. The molecule has 7 heteroatoms. The number of carboxylic acid groups (broad SMARTS) is 1. The second kappa shape index (κ2) is 13.2. The van der Waals surface area contributed by atoms with Gasteiger partial charge >= 0.3 is 5.97 Å². The van der Waals surface area contributed by atoms with Gasteiger partial charge in [0.05, 0.1) is 11.3 Å². The first-order valence-corrected chi connectivity index (χ1v) is 15.1. The van der Waals surface area contributed by atoms with Crippen molar-refractivity contribution in [1.82, 2.24) is 9.21 Å². The van der Waals surface area contributed by atoms with Crippen LogP contribution in [-0.4, -0.2) is 51.7 Å². The van der Waals surface area contributed by atoms with E-state index in [9.17, 15) is 18.5 Å². The Kier molecular flexibility index (Phi) is 9.93. The largest absolute Gasteiger partial charge is 0.481 e. The lowest BCUT2D eigenvalue weighted by Gasteiger charge is -2.24. The van der Waals surface area contributed by atoms with Crippen LogP contribution in [0, 0.1) is 25.6 Å². The Hall–Kier alpha value is -2.87. The van der Waals surface area contributed by atoms with E-state index in [1.54, 1.807) is 6.07 Å². The van der Waals surface area contributed by atoms with Crippen molar-refractivity contribution >= 4 is 17.0 Å². The molecule has 40 heavy (non-hydrogen) atoms. The van der Waals surface area contributed by atoms with Gasteiger partial charge in [-0.2, -0.15) is 0 Å². The van der Waals surface area contributed by atoms with Crippen molar-refractivity contribution in [2.75, 3.05) is 27.2 Å². The Labute approximate surface area is 240 Å². The van der Waals surface area contributed by atoms with Gasteiger partial charge in [-0.15, -0.1) is 0 Å². The van der Waals surface area contributed by atoms with Gasteiger partial charge in [-0.05, 0) is 117 Å². The zero-order valence-corrected chi connectivity index (χ0v) is 25.1. The van der Waals surface area contributed by atoms with Gasteiger partial charge in [-0.3, -0.25) is 4.79 Å². The maximum Gasteiger partial charge on any atom is 0.304 e. The SMILES string of the molecule is Cc1ccc(C(CC(=O)O)c2ccc(F)cc2C)cc1CN1CC(C)Cc2cc(CCCN(C)C)ccc2S1=O. The summed E-state index contributed by atoms with van der Waals surface area (Å²) in [5.74, 6) is -1.31. The average Bonchev–Trinajstić information content (AvgIpc) is 2.99. The maximum absolute atomic E-state index is 13.9. The highest BCUT2D eigenvalue weighted by molar-refractivity contribution is 7.82. The second-order valence-corrected chi connectivity index (χ2v) is 13.0. The monoisotopic (exact) mass is 564 g/mol. The minimum Gasteiger partial charge on any atom is -0.481 e. The number of halogens is 1. The number of carbonyl (C=O) groups is 1. The predicted octanol–water partition coefficient (Wildman–Crippen LogP) is 6.26. The van der Waals surface area contributed by atoms with Crippen molar-refractivity contribution in [1.29, 1.82) is 0 Å². The van der Waals surface area contributed by atoms with Crippen LogP contribution >= 0.6 is 0 Å². The summed E-state index contributed by atoms with van der Waals surface area (Å²) in [4.78, 5) is 14.9. The number of fused-ring (bicyclic) bond motifs is 1. The molecule has 0 saturated carbocycles. The van der Waals surface area contributed by atoms with Crippen LogP contribution in [0.25, 0.3) is 0 Å². The summed E-state index contributed by atoms with van der Waals surface area (Å²) >= 11 is 0. The molecule has 3 atom stereocenters. The quantitative estimate of drug-likeness (QED) is 0.316. The van der Waals surface area contributed by atoms with Crippen molar-refractivity contribution in [3.8, 4) is 0 Å². The molecule has 3 aromatic carbocycles. The summed E-state index contributed by atoms with van der Waals surface area (Å²) in [5.41, 5.74) is 6.97. The highest BCUT2D eigenvalue weighted by Gasteiger charge is 2.27. The first-order valence-electron chi connectivity index (χ1n) is 14.0. The van der Waals surface area contributed by atoms with E-state index < -0.39 is 22.9 Å². The van der Waals surface area contributed by atoms with E-state index >= 15 is 0 Å². The number of hydrogen-bond donors (Lipinski definition) is 1. The van der Waals surface area contributed by atoms with Gasteiger partial charge < -0.3 is 10.0 Å². The average molecular weight is 565 g/mol. The number of benzene rings is 3. The van der Waals surface area contributed by atoms with Crippen LogP contribution in [0.5, 0.6) is 0 Å². The van der Waals surface area contributed by atoms with Crippen LogP contribution < -0.4 is 0 Å². The van der Waals surface area contributed by atoms with E-state index in [2.05, 4.69) is 38.1 Å². The number of hydrogen-bond acceptors (Lipinski definition) is 3. The maximum atomic E-state index is 13.9. The Balaban J connectivity index is 1.61. The molecule has 214 valence electrons. The lowest BCUT2D eigenvalue weighted by molar-refractivity contribution is -0.137. The fraction of sp³-hybridized carbons (Fsp3) is 0.424. The minimum absolute atomic E-state index is 0.0914. The number of nitrogens with zero attached hydrogens (tertiary/aromatic N) is 2. The van der Waals surface area contributed by atoms with E-state index in [1.807, 2.05) is 42.4 Å². The second-order valence-electron chi connectivity index (χ2n) is 11.6. The standard InChI is InChI=1S/C33H41FN2O3S/c1-22-15-27-17-25(7-6-14-35(4)5)9-13-32(27)40(39)36(20-22)21-28-18-26(10-8-23(28)2)31(19-33(37)38)30-12-11-29(34)16-24(30)3/h8-13,16-18,22,31H,6-7,14-15,19-21H2,1-5H3,(H,37,38). The van der Waals surface area contributed by atoms with E-state index in [0.717, 1.165) is 58.5 Å². The molecule has 0 saturated heterocycles. The molecule has 0 radical (unpaired) electrons. The van der Waals surface area contributed by atoms with E-state index in [0.29, 0.717) is 19.0 Å². The molecule has 1 heterocycles. The predicted molar refractivity (Wildman–Crippen MR) is 159 cm³/mol. The third-order valence-electron chi connectivity index (χ3n) is 7.81. The van der Waals surface area contributed by atoms with Crippen LogP contribution in [0.2, 0.25) is 0 Å². The number of carboxylic acids is 1. The lowest BCUT2D eigenvalue weighted by Crippen LogP contribution is -2.29. The number of rotatable bonds is 10. The van der Waals surface area contributed by atoms with Gasteiger partial charge in [0, 0.05) is 19.0 Å². The van der Waals surface area contributed by atoms with Crippen LogP contribution in [0.4, 0.5) is 4.39 Å². The van der Waals surface area contributed by atoms with Crippen LogP contribution in [0.15, 0.2) is 59.5 Å². The van der Waals surface area contributed by atoms with Gasteiger partial charge in [-0.25, -0.2) is 12.9 Å². The van der Waals surface area contributed by atoms with E-state index in [4.69, 9.17) is 0 Å². The van der Waals surface area contributed by atoms with Gasteiger partial charge in [0.2, 0.25) is 0 Å². The molecule has 1 aliphatic rings. The first kappa shape index (κ1) is 30.1. The molecule has 1 N–H and O–H groups in total. The molecule has 0 amide bonds. The van der Waals surface area contributed by atoms with Gasteiger partial charge in [-0.1, -0.05) is 43.3 Å². The molecular formula is C33H41FN2O3S. The molecule has 0 fully saturated rings. The topological polar surface area (TPSA) is 60.9 Å². The summed E-state index contributed by atoms with van der Waals surface area (Å²) in [6.07, 6.45) is 2.90. The van der Waals surface area contributed by atoms with Crippen molar-refractivity contribution < 1.29 is 18.5 Å². The number of aryl methyl sites for hydroxylation is 3. The first-order chi connectivity index (χ1) is 19.0. The van der Waals surface area contributed by atoms with Crippen molar-refractivity contribution in [2.45, 2.75) is 63.8 Å². The van der Waals surface area contributed by atoms with Gasteiger partial charge in [0.1, 0.15) is 16.8 Å². The fourth-order valence-corrected chi connectivity index (χ4v) is 7.19. The van der Waals surface area contributed by atoms with E-state index in [-0.39, 0.29) is 12.2 Å². The summed E-state index contributed by atoms with van der Waals surface area (Å²) < 4.78 is 29.8. The Morgan fingerprint density at radius 1 is 1.10 bits per heavy atom. The van der Waals surface area contributed by atoms with Crippen LogP contribution in [0.3, 0.4) is 0 Å². The summed E-state index contributed by atoms with van der Waals surface area (Å²) in [6, 6.07) is 17.0. The Morgan fingerprint density at radius 3 is 2.58 bits per heavy atom. The minimum atomic E-state index is -1.30. The normalized spacial score (nSPS) is 18.4. The number of aliphatic carboxylic acids is 1. The molecule has 1 aliphatic heterocycles. The van der Waals surface area contributed by atoms with Crippen LogP contribution in [-0.2, 0) is 35.2 Å². The smallest absolute Gasteiger partial charge is 0.304 e. The van der Waals surface area contributed by atoms with Gasteiger partial charge in [0.25, 0.3) is 0 Å². The zero-order chi connectivity index (χ0) is 29.0. The molecule has 3 unspecified atom stereocenters. The molecule has 0 spiro atoms. The third kappa shape index (κ3) is 7.45. The van der Waals surface area contributed by atoms with Crippen molar-refractivity contribution in [2.24, 2.45) is 5.92 Å². The molecule has 0 aliphatic carbocycles. The Bertz CT molecular complexity index is 1390. The zero-order valence-electron chi connectivity index (χ0n) is 24.2. The Morgan fingerprint density at radius 2 is 1.88 bits per heavy atom. The van der Waals surface area contributed by atoms with E-state index in [1.165, 1.54) is 23.3 Å². The van der Waals surface area contributed by atoms with Crippen molar-refractivity contribution in [3.63, 3.8) is 0 Å². The molecule has 0 bridgehead atoms. The molecule has 5 nitrogen and oxygen atoms in total. The highest BCUT2D eigenvalue weighted by atomic mass is 32.2. The molecular weight excluding hydrogens is 523 g/mol. The lowest BCUT2D eigenvalue weighted by atomic mass is 9.84. The van der Waals surface area contributed by atoms with Gasteiger partial charge in [0.15, 0.2) is 0 Å². The highest BCUT2D eigenvalue weighted by Crippen LogP contribution is 2.33. The molecule has 3 aromatic rings. The molecule has 0 aromatic heterocycles. The summed E-state index contributed by atoms with van der Waals surface area (Å²) in [5, 5.41) is 9.69.